The Kier molecular flexibility index (Phi) is 2.22. The van der Waals surface area contributed by atoms with E-state index in [4.69, 9.17) is 10.8 Å². The normalized spacial score (nSPS) is 31.1. The Labute approximate surface area is 86.0 Å². The molecule has 2 fully saturated rings. The number of rotatable bonds is 3. The molecular formula is C9H12N2O4. The van der Waals surface area contributed by atoms with E-state index >= 15 is 0 Å². The van der Waals surface area contributed by atoms with Gasteiger partial charge in [-0.15, -0.1) is 0 Å². The zero-order valence-electron chi connectivity index (χ0n) is 8.05. The molecule has 1 saturated carbocycles. The van der Waals surface area contributed by atoms with Crippen molar-refractivity contribution in [1.29, 1.82) is 0 Å². The highest BCUT2D eigenvalue weighted by molar-refractivity contribution is 6.06. The number of carboxylic acid groups (broad SMARTS) is 1. The van der Waals surface area contributed by atoms with E-state index in [0.29, 0.717) is 0 Å². The SMILES string of the molecule is NC(CN1C(=O)C2CCC2C1=O)C(=O)O. The van der Waals surface area contributed by atoms with Crippen molar-refractivity contribution in [3.05, 3.63) is 0 Å². The number of hydrogen-bond donors (Lipinski definition) is 2. The number of nitrogens with zero attached hydrogens (tertiary/aromatic N) is 1. The first-order valence-electron chi connectivity index (χ1n) is 4.86. The minimum absolute atomic E-state index is 0.208. The smallest absolute Gasteiger partial charge is 0.322 e. The van der Waals surface area contributed by atoms with Gasteiger partial charge in [-0.05, 0) is 12.8 Å². The summed E-state index contributed by atoms with van der Waals surface area (Å²) in [6.07, 6.45) is 1.46. The van der Waals surface area contributed by atoms with Gasteiger partial charge < -0.3 is 10.8 Å². The van der Waals surface area contributed by atoms with Gasteiger partial charge in [-0.2, -0.15) is 0 Å². The predicted octanol–water partition coefficient (Wildman–Crippen LogP) is -1.21. The molecule has 82 valence electrons. The molecule has 3 N–H and O–H groups in total. The summed E-state index contributed by atoms with van der Waals surface area (Å²) in [5.41, 5.74) is 5.29. The Morgan fingerprint density at radius 2 is 1.87 bits per heavy atom. The number of amides is 2. The van der Waals surface area contributed by atoms with Gasteiger partial charge in [0.1, 0.15) is 6.04 Å². The molecule has 0 aromatic heterocycles. The fourth-order valence-electron chi connectivity index (χ4n) is 2.05. The number of carbonyl (C=O) groups excluding carboxylic acids is 2. The molecule has 2 amide bonds. The lowest BCUT2D eigenvalue weighted by Gasteiger charge is -2.24. The predicted molar refractivity (Wildman–Crippen MR) is 48.5 cm³/mol. The van der Waals surface area contributed by atoms with Crippen LogP contribution in [0.4, 0.5) is 0 Å². The van der Waals surface area contributed by atoms with Gasteiger partial charge in [-0.3, -0.25) is 19.3 Å². The molecule has 6 nitrogen and oxygen atoms in total. The summed E-state index contributed by atoms with van der Waals surface area (Å²) in [5, 5.41) is 8.59. The summed E-state index contributed by atoms with van der Waals surface area (Å²) in [5.74, 6) is -2.13. The van der Waals surface area contributed by atoms with Crippen LogP contribution in [0.3, 0.4) is 0 Å². The summed E-state index contributed by atoms with van der Waals surface area (Å²) in [6.45, 7) is -0.208. The second kappa shape index (κ2) is 3.30. The van der Waals surface area contributed by atoms with Gasteiger partial charge in [0.25, 0.3) is 0 Å². The number of nitrogens with two attached hydrogens (primary N) is 1. The minimum atomic E-state index is -1.20. The third-order valence-electron chi connectivity index (χ3n) is 3.14. The zero-order chi connectivity index (χ0) is 11.2. The largest absolute Gasteiger partial charge is 0.480 e. The van der Waals surface area contributed by atoms with Crippen molar-refractivity contribution in [2.45, 2.75) is 18.9 Å². The van der Waals surface area contributed by atoms with Crippen molar-refractivity contribution >= 4 is 17.8 Å². The minimum Gasteiger partial charge on any atom is -0.480 e. The molecule has 0 spiro atoms. The van der Waals surface area contributed by atoms with Crippen molar-refractivity contribution in [1.82, 2.24) is 4.90 Å². The van der Waals surface area contributed by atoms with Gasteiger partial charge in [0.15, 0.2) is 0 Å². The highest BCUT2D eigenvalue weighted by Crippen LogP contribution is 2.42. The highest BCUT2D eigenvalue weighted by atomic mass is 16.4. The Morgan fingerprint density at radius 1 is 1.40 bits per heavy atom. The summed E-state index contributed by atoms with van der Waals surface area (Å²) >= 11 is 0. The quantitative estimate of drug-likeness (QED) is 0.572. The first-order chi connectivity index (χ1) is 7.02. The Hall–Kier alpha value is -1.43. The fraction of sp³-hybridized carbons (Fsp3) is 0.667. The van der Waals surface area contributed by atoms with Crippen molar-refractivity contribution in [3.63, 3.8) is 0 Å². The van der Waals surface area contributed by atoms with Crippen molar-refractivity contribution in [2.75, 3.05) is 6.54 Å². The Balaban J connectivity index is 2.06. The van der Waals surface area contributed by atoms with E-state index in [2.05, 4.69) is 0 Å². The summed E-state index contributed by atoms with van der Waals surface area (Å²) in [4.78, 5) is 34.7. The van der Waals surface area contributed by atoms with Crippen LogP contribution in [0.5, 0.6) is 0 Å². The van der Waals surface area contributed by atoms with Gasteiger partial charge in [0.05, 0.1) is 18.4 Å². The van der Waals surface area contributed by atoms with Crippen LogP contribution in [-0.2, 0) is 14.4 Å². The van der Waals surface area contributed by atoms with Crippen LogP contribution in [0.1, 0.15) is 12.8 Å². The molecule has 2 rings (SSSR count). The molecule has 0 radical (unpaired) electrons. The van der Waals surface area contributed by atoms with Crippen LogP contribution in [0.15, 0.2) is 0 Å². The molecular weight excluding hydrogens is 200 g/mol. The molecule has 1 aliphatic carbocycles. The molecule has 1 aliphatic heterocycles. The molecule has 0 bridgehead atoms. The maximum Gasteiger partial charge on any atom is 0.322 e. The van der Waals surface area contributed by atoms with Crippen LogP contribution in [0.25, 0.3) is 0 Å². The first kappa shape index (κ1) is 10.1. The lowest BCUT2D eigenvalue weighted by atomic mass is 9.76. The molecule has 3 atom stereocenters. The molecule has 6 heteroatoms. The number of carbonyl (C=O) groups is 3. The van der Waals surface area contributed by atoms with E-state index in [9.17, 15) is 14.4 Å². The van der Waals surface area contributed by atoms with Gasteiger partial charge in [-0.1, -0.05) is 0 Å². The van der Waals surface area contributed by atoms with Crippen LogP contribution in [0.2, 0.25) is 0 Å². The number of hydrogen-bond acceptors (Lipinski definition) is 4. The van der Waals surface area contributed by atoms with Crippen molar-refractivity contribution in [2.24, 2.45) is 17.6 Å². The maximum absolute atomic E-state index is 11.6. The van der Waals surface area contributed by atoms with Crippen LogP contribution >= 0.6 is 0 Å². The fourth-order valence-corrected chi connectivity index (χ4v) is 2.05. The zero-order valence-corrected chi connectivity index (χ0v) is 8.05. The molecule has 15 heavy (non-hydrogen) atoms. The van der Waals surface area contributed by atoms with E-state index in [1.54, 1.807) is 0 Å². The standard InChI is InChI=1S/C9H12N2O4/c10-6(9(14)15)3-11-7(12)4-1-2-5(4)8(11)13/h4-6H,1-3,10H2,(H,14,15). The molecule has 2 aliphatic rings. The van der Waals surface area contributed by atoms with Crippen molar-refractivity contribution in [3.8, 4) is 0 Å². The summed E-state index contributed by atoms with van der Waals surface area (Å²) < 4.78 is 0. The number of carboxylic acids is 1. The number of aliphatic carboxylic acids is 1. The third kappa shape index (κ3) is 1.41. The van der Waals surface area contributed by atoms with E-state index in [1.165, 1.54) is 0 Å². The second-order valence-electron chi connectivity index (χ2n) is 4.02. The molecule has 1 saturated heterocycles. The lowest BCUT2D eigenvalue weighted by Crippen LogP contribution is -2.45. The monoisotopic (exact) mass is 212 g/mol. The number of imide groups is 1. The van der Waals surface area contributed by atoms with Crippen LogP contribution in [0, 0.1) is 11.8 Å². The van der Waals surface area contributed by atoms with Gasteiger partial charge in [-0.25, -0.2) is 0 Å². The van der Waals surface area contributed by atoms with Gasteiger partial charge >= 0.3 is 5.97 Å². The Bertz CT molecular complexity index is 319. The number of likely N-dealkylation sites (tertiary alicyclic amines) is 1. The van der Waals surface area contributed by atoms with E-state index in [-0.39, 0.29) is 30.2 Å². The molecule has 1 heterocycles. The average molecular weight is 212 g/mol. The maximum atomic E-state index is 11.6. The highest BCUT2D eigenvalue weighted by Gasteiger charge is 2.52. The van der Waals surface area contributed by atoms with E-state index in [1.807, 2.05) is 0 Å². The van der Waals surface area contributed by atoms with Crippen molar-refractivity contribution < 1.29 is 19.5 Å². The van der Waals surface area contributed by atoms with Gasteiger partial charge in [0, 0.05) is 0 Å². The second-order valence-corrected chi connectivity index (χ2v) is 4.02. The van der Waals surface area contributed by atoms with Crippen LogP contribution < -0.4 is 5.73 Å². The van der Waals surface area contributed by atoms with Gasteiger partial charge in [0.2, 0.25) is 11.8 Å². The number of fused-ring (bicyclic) bond motifs is 1. The Morgan fingerprint density at radius 3 is 2.20 bits per heavy atom. The topological polar surface area (TPSA) is 101 Å². The molecule has 0 aromatic carbocycles. The first-order valence-corrected chi connectivity index (χ1v) is 4.86. The van der Waals surface area contributed by atoms with E-state index in [0.717, 1.165) is 17.7 Å². The van der Waals surface area contributed by atoms with Crippen LogP contribution in [-0.4, -0.2) is 40.4 Å². The molecule has 0 aromatic rings. The molecule has 3 unspecified atom stereocenters. The third-order valence-corrected chi connectivity index (χ3v) is 3.14. The van der Waals surface area contributed by atoms with E-state index < -0.39 is 12.0 Å². The summed E-state index contributed by atoms with van der Waals surface area (Å²) in [6, 6.07) is -1.18. The average Bonchev–Trinajstić information content (AvgIpc) is 2.23. The summed E-state index contributed by atoms with van der Waals surface area (Å²) in [7, 11) is 0. The lowest BCUT2D eigenvalue weighted by molar-refractivity contribution is -0.142.